The molecule has 0 aliphatic heterocycles. The highest BCUT2D eigenvalue weighted by molar-refractivity contribution is 5.25. The van der Waals surface area contributed by atoms with E-state index >= 15 is 0 Å². The Morgan fingerprint density at radius 3 is 2.67 bits per heavy atom. The number of rotatable bonds is 3. The molecule has 1 saturated carbocycles. The molecule has 100 valence electrons. The molecule has 0 bridgehead atoms. The van der Waals surface area contributed by atoms with Crippen LogP contribution in [0.2, 0.25) is 0 Å². The SMILES string of the molecule is CNC1C(Oc2ccc(F)cc2F)CCC1(C)C. The van der Waals surface area contributed by atoms with Gasteiger partial charge in [-0.3, -0.25) is 0 Å². The van der Waals surface area contributed by atoms with Crippen LogP contribution in [0.1, 0.15) is 26.7 Å². The second-order valence-corrected chi connectivity index (χ2v) is 5.52. The fourth-order valence-corrected chi connectivity index (χ4v) is 2.78. The molecule has 18 heavy (non-hydrogen) atoms. The van der Waals surface area contributed by atoms with Gasteiger partial charge in [0.05, 0.1) is 0 Å². The van der Waals surface area contributed by atoms with Crippen LogP contribution in [0.25, 0.3) is 0 Å². The van der Waals surface area contributed by atoms with E-state index in [1.807, 2.05) is 7.05 Å². The zero-order valence-electron chi connectivity index (χ0n) is 11.0. The Kier molecular flexibility index (Phi) is 3.57. The molecule has 1 aliphatic rings. The summed E-state index contributed by atoms with van der Waals surface area (Å²) in [6.45, 7) is 4.33. The summed E-state index contributed by atoms with van der Waals surface area (Å²) in [5, 5.41) is 3.23. The van der Waals surface area contributed by atoms with Crippen molar-refractivity contribution in [2.45, 2.75) is 38.8 Å². The van der Waals surface area contributed by atoms with E-state index in [-0.39, 0.29) is 23.3 Å². The summed E-state index contributed by atoms with van der Waals surface area (Å²) < 4.78 is 32.1. The number of hydrogen-bond acceptors (Lipinski definition) is 2. The highest BCUT2D eigenvalue weighted by atomic mass is 19.1. The largest absolute Gasteiger partial charge is 0.486 e. The van der Waals surface area contributed by atoms with E-state index in [4.69, 9.17) is 4.74 Å². The van der Waals surface area contributed by atoms with Crippen molar-refractivity contribution in [3.8, 4) is 5.75 Å². The van der Waals surface area contributed by atoms with Gasteiger partial charge in [-0.15, -0.1) is 0 Å². The van der Waals surface area contributed by atoms with Gasteiger partial charge in [0.15, 0.2) is 11.6 Å². The van der Waals surface area contributed by atoms with Crippen LogP contribution in [-0.4, -0.2) is 19.2 Å². The number of hydrogen-bond donors (Lipinski definition) is 1. The molecule has 2 unspecified atom stereocenters. The van der Waals surface area contributed by atoms with Crippen molar-refractivity contribution in [1.82, 2.24) is 5.32 Å². The third kappa shape index (κ3) is 2.48. The van der Waals surface area contributed by atoms with E-state index in [1.165, 1.54) is 12.1 Å². The molecule has 1 N–H and O–H groups in total. The Bertz CT molecular complexity index is 434. The summed E-state index contributed by atoms with van der Waals surface area (Å²) >= 11 is 0. The van der Waals surface area contributed by atoms with Gasteiger partial charge in [0.25, 0.3) is 0 Å². The number of benzene rings is 1. The average Bonchev–Trinajstić information content (AvgIpc) is 2.57. The predicted octanol–water partition coefficient (Wildman–Crippen LogP) is 3.12. The van der Waals surface area contributed by atoms with Crippen molar-refractivity contribution in [2.24, 2.45) is 5.41 Å². The zero-order valence-corrected chi connectivity index (χ0v) is 11.0. The minimum Gasteiger partial charge on any atom is -0.486 e. The first-order valence-corrected chi connectivity index (χ1v) is 6.23. The van der Waals surface area contributed by atoms with Crippen LogP contribution in [0, 0.1) is 17.0 Å². The minimum atomic E-state index is -0.644. The summed E-state index contributed by atoms with van der Waals surface area (Å²) in [7, 11) is 1.88. The lowest BCUT2D eigenvalue weighted by Gasteiger charge is -2.30. The molecule has 1 aliphatic carbocycles. The molecule has 0 aromatic heterocycles. The fourth-order valence-electron chi connectivity index (χ4n) is 2.78. The summed E-state index contributed by atoms with van der Waals surface area (Å²) in [6.07, 6.45) is 1.81. The first-order valence-electron chi connectivity index (χ1n) is 6.23. The number of likely N-dealkylation sites (N-methyl/N-ethyl adjacent to an activating group) is 1. The van der Waals surface area contributed by atoms with E-state index in [0.717, 1.165) is 18.9 Å². The van der Waals surface area contributed by atoms with Crippen molar-refractivity contribution in [2.75, 3.05) is 7.05 Å². The van der Waals surface area contributed by atoms with Crippen LogP contribution in [0.4, 0.5) is 8.78 Å². The quantitative estimate of drug-likeness (QED) is 0.896. The molecule has 2 rings (SSSR count). The maximum Gasteiger partial charge on any atom is 0.167 e. The molecule has 0 radical (unpaired) electrons. The normalized spacial score (nSPS) is 26.3. The number of ether oxygens (including phenoxy) is 1. The molecule has 0 spiro atoms. The molecule has 1 aromatic carbocycles. The van der Waals surface area contributed by atoms with Gasteiger partial charge in [-0.1, -0.05) is 13.8 Å². The lowest BCUT2D eigenvalue weighted by molar-refractivity contribution is 0.140. The van der Waals surface area contributed by atoms with Gasteiger partial charge >= 0.3 is 0 Å². The Balaban J connectivity index is 2.14. The van der Waals surface area contributed by atoms with Crippen LogP contribution < -0.4 is 10.1 Å². The zero-order chi connectivity index (χ0) is 13.3. The molecule has 2 atom stereocenters. The molecule has 2 nitrogen and oxygen atoms in total. The van der Waals surface area contributed by atoms with Crippen LogP contribution >= 0.6 is 0 Å². The summed E-state index contributed by atoms with van der Waals surface area (Å²) in [4.78, 5) is 0. The Labute approximate surface area is 106 Å². The second-order valence-electron chi connectivity index (χ2n) is 5.52. The van der Waals surface area contributed by atoms with Crippen LogP contribution in [-0.2, 0) is 0 Å². The van der Waals surface area contributed by atoms with Gasteiger partial charge in [0.1, 0.15) is 11.9 Å². The van der Waals surface area contributed by atoms with E-state index < -0.39 is 11.6 Å². The summed E-state index contributed by atoms with van der Waals surface area (Å²) in [5.41, 5.74) is 0.121. The topological polar surface area (TPSA) is 21.3 Å². The first kappa shape index (κ1) is 13.3. The number of halogens is 2. The standard InChI is InChI=1S/C14H19F2NO/c1-14(2)7-6-12(13(14)17-3)18-11-5-4-9(15)8-10(11)16/h4-5,8,12-13,17H,6-7H2,1-3H3. The molecule has 1 fully saturated rings. The van der Waals surface area contributed by atoms with Gasteiger partial charge in [-0.05, 0) is 37.4 Å². The maximum atomic E-state index is 13.5. The Morgan fingerprint density at radius 2 is 2.06 bits per heavy atom. The molecule has 1 aromatic rings. The highest BCUT2D eigenvalue weighted by Crippen LogP contribution is 2.39. The second kappa shape index (κ2) is 4.84. The molecular weight excluding hydrogens is 236 g/mol. The lowest BCUT2D eigenvalue weighted by Crippen LogP contribution is -2.44. The summed E-state index contributed by atoms with van der Waals surface area (Å²) in [5.74, 6) is -1.11. The minimum absolute atomic E-state index is 0.0787. The molecule has 0 saturated heterocycles. The smallest absolute Gasteiger partial charge is 0.167 e. The third-order valence-corrected chi connectivity index (χ3v) is 3.77. The number of nitrogens with one attached hydrogen (secondary N) is 1. The van der Waals surface area contributed by atoms with Gasteiger partial charge in [-0.25, -0.2) is 8.78 Å². The first-order chi connectivity index (χ1) is 8.44. The maximum absolute atomic E-state index is 13.5. The van der Waals surface area contributed by atoms with E-state index in [1.54, 1.807) is 0 Å². The molecular formula is C14H19F2NO. The van der Waals surface area contributed by atoms with Crippen molar-refractivity contribution in [1.29, 1.82) is 0 Å². The molecule has 0 heterocycles. The van der Waals surface area contributed by atoms with Crippen LogP contribution in [0.3, 0.4) is 0 Å². The van der Waals surface area contributed by atoms with Crippen LogP contribution in [0.15, 0.2) is 18.2 Å². The van der Waals surface area contributed by atoms with E-state index in [0.29, 0.717) is 0 Å². The van der Waals surface area contributed by atoms with E-state index in [9.17, 15) is 8.78 Å². The van der Waals surface area contributed by atoms with Gasteiger partial charge in [-0.2, -0.15) is 0 Å². The van der Waals surface area contributed by atoms with Crippen molar-refractivity contribution < 1.29 is 13.5 Å². The Hall–Kier alpha value is -1.16. The van der Waals surface area contributed by atoms with Crippen molar-refractivity contribution in [3.63, 3.8) is 0 Å². The Morgan fingerprint density at radius 1 is 1.33 bits per heavy atom. The highest BCUT2D eigenvalue weighted by Gasteiger charge is 2.42. The van der Waals surface area contributed by atoms with Crippen LogP contribution in [0.5, 0.6) is 5.75 Å². The van der Waals surface area contributed by atoms with Gasteiger partial charge < -0.3 is 10.1 Å². The predicted molar refractivity (Wildman–Crippen MR) is 66.6 cm³/mol. The lowest BCUT2D eigenvalue weighted by atomic mass is 9.87. The third-order valence-electron chi connectivity index (χ3n) is 3.77. The van der Waals surface area contributed by atoms with Gasteiger partial charge in [0.2, 0.25) is 0 Å². The molecule has 4 heteroatoms. The average molecular weight is 255 g/mol. The van der Waals surface area contributed by atoms with Crippen molar-refractivity contribution >= 4 is 0 Å². The summed E-state index contributed by atoms with van der Waals surface area (Å²) in [6, 6.07) is 3.58. The molecule has 0 amide bonds. The van der Waals surface area contributed by atoms with Crippen molar-refractivity contribution in [3.05, 3.63) is 29.8 Å². The van der Waals surface area contributed by atoms with E-state index in [2.05, 4.69) is 19.2 Å². The fraction of sp³-hybridized carbons (Fsp3) is 0.571. The van der Waals surface area contributed by atoms with Gasteiger partial charge in [0, 0.05) is 12.1 Å². The monoisotopic (exact) mass is 255 g/mol.